The van der Waals surface area contributed by atoms with Gasteiger partial charge in [-0.1, -0.05) is 49.6 Å². The van der Waals surface area contributed by atoms with Crippen molar-refractivity contribution in [3.05, 3.63) is 35.9 Å². The number of benzene rings is 1. The van der Waals surface area contributed by atoms with Crippen molar-refractivity contribution in [2.75, 3.05) is 13.1 Å². The molecule has 3 rings (SSSR count). The zero-order valence-electron chi connectivity index (χ0n) is 15.6. The van der Waals surface area contributed by atoms with Crippen LogP contribution >= 0.6 is 0 Å². The molecule has 1 unspecified atom stereocenters. The normalized spacial score (nSPS) is 20.4. The predicted molar refractivity (Wildman–Crippen MR) is 102 cm³/mol. The maximum atomic E-state index is 12.5. The Kier molecular flexibility index (Phi) is 6.68. The molecule has 1 aromatic carbocycles. The summed E-state index contributed by atoms with van der Waals surface area (Å²) in [5.74, 6) is -0.410. The van der Waals surface area contributed by atoms with Crippen molar-refractivity contribution in [2.24, 2.45) is 0 Å². The van der Waals surface area contributed by atoms with E-state index in [4.69, 9.17) is 0 Å². The second-order valence-corrected chi connectivity index (χ2v) is 7.32. The van der Waals surface area contributed by atoms with Gasteiger partial charge in [0.15, 0.2) is 0 Å². The Labute approximate surface area is 159 Å². The first-order chi connectivity index (χ1) is 13.1. The van der Waals surface area contributed by atoms with Gasteiger partial charge >= 0.3 is 6.03 Å². The van der Waals surface area contributed by atoms with Gasteiger partial charge in [-0.3, -0.25) is 9.59 Å². The number of hydrogen-bond donors (Lipinski definition) is 3. The number of amides is 4. The van der Waals surface area contributed by atoms with Crippen molar-refractivity contribution >= 4 is 17.8 Å². The number of urea groups is 1. The van der Waals surface area contributed by atoms with E-state index >= 15 is 0 Å². The van der Waals surface area contributed by atoms with Crippen LogP contribution < -0.4 is 16.0 Å². The fourth-order valence-corrected chi connectivity index (χ4v) is 3.72. The summed E-state index contributed by atoms with van der Waals surface area (Å²) in [6.07, 6.45) is 6.06. The van der Waals surface area contributed by atoms with Gasteiger partial charge in [-0.2, -0.15) is 0 Å². The molecule has 1 aliphatic heterocycles. The third-order valence-corrected chi connectivity index (χ3v) is 5.20. The van der Waals surface area contributed by atoms with Crippen LogP contribution in [0, 0.1) is 0 Å². The van der Waals surface area contributed by atoms with Gasteiger partial charge in [0, 0.05) is 19.1 Å². The van der Waals surface area contributed by atoms with E-state index in [9.17, 15) is 14.4 Å². The van der Waals surface area contributed by atoms with Crippen LogP contribution in [-0.2, 0) is 16.1 Å². The molecule has 7 nitrogen and oxygen atoms in total. The standard InChI is InChI=1S/C20H28N4O3/c25-18(13-21-20(27)22-16-9-5-2-6-10-16)23-17-11-12-24(19(17)26)14-15-7-3-1-4-8-15/h1,3-4,7-8,16-17H,2,5-6,9-14H2,(H,23,25)(H2,21,22,27). The van der Waals surface area contributed by atoms with E-state index in [0.29, 0.717) is 19.5 Å². The summed E-state index contributed by atoms with van der Waals surface area (Å²) >= 11 is 0. The van der Waals surface area contributed by atoms with Crippen LogP contribution in [0.15, 0.2) is 30.3 Å². The second kappa shape index (κ2) is 9.39. The molecule has 1 heterocycles. The maximum absolute atomic E-state index is 12.5. The molecule has 1 saturated carbocycles. The Morgan fingerprint density at radius 2 is 1.74 bits per heavy atom. The van der Waals surface area contributed by atoms with Gasteiger partial charge in [-0.25, -0.2) is 4.79 Å². The van der Waals surface area contributed by atoms with Gasteiger partial charge in [0.2, 0.25) is 11.8 Å². The van der Waals surface area contributed by atoms with E-state index in [2.05, 4.69) is 16.0 Å². The highest BCUT2D eigenvalue weighted by atomic mass is 16.2. The summed E-state index contributed by atoms with van der Waals surface area (Å²) in [6, 6.07) is 9.16. The van der Waals surface area contributed by atoms with Gasteiger partial charge < -0.3 is 20.9 Å². The Hall–Kier alpha value is -2.57. The number of nitrogens with one attached hydrogen (secondary N) is 3. The van der Waals surface area contributed by atoms with Crippen LogP contribution in [0.5, 0.6) is 0 Å². The van der Waals surface area contributed by atoms with E-state index in [1.54, 1.807) is 4.90 Å². The van der Waals surface area contributed by atoms with Crippen molar-refractivity contribution in [3.8, 4) is 0 Å². The van der Waals surface area contributed by atoms with Crippen molar-refractivity contribution < 1.29 is 14.4 Å². The van der Waals surface area contributed by atoms with Crippen LogP contribution in [0.25, 0.3) is 0 Å². The molecule has 1 saturated heterocycles. The molecule has 7 heteroatoms. The van der Waals surface area contributed by atoms with Crippen LogP contribution in [0.3, 0.4) is 0 Å². The first kappa shape index (κ1) is 19.2. The van der Waals surface area contributed by atoms with Crippen molar-refractivity contribution in [1.29, 1.82) is 0 Å². The topological polar surface area (TPSA) is 90.5 Å². The summed E-state index contributed by atoms with van der Waals surface area (Å²) in [5.41, 5.74) is 1.07. The zero-order valence-corrected chi connectivity index (χ0v) is 15.6. The van der Waals surface area contributed by atoms with Crippen molar-refractivity contribution in [2.45, 2.75) is 57.2 Å². The number of hydrogen-bond acceptors (Lipinski definition) is 3. The zero-order chi connectivity index (χ0) is 19.1. The SMILES string of the molecule is O=C(CNC(=O)NC1CCCCC1)NC1CCN(Cc2ccccc2)C1=O. The lowest BCUT2D eigenvalue weighted by atomic mass is 9.96. The summed E-state index contributed by atoms with van der Waals surface area (Å²) in [7, 11) is 0. The molecule has 1 aliphatic carbocycles. The molecular formula is C20H28N4O3. The largest absolute Gasteiger partial charge is 0.343 e. The lowest BCUT2D eigenvalue weighted by Crippen LogP contribution is -2.49. The van der Waals surface area contributed by atoms with E-state index in [0.717, 1.165) is 31.2 Å². The summed E-state index contributed by atoms with van der Waals surface area (Å²) < 4.78 is 0. The fraction of sp³-hybridized carbons (Fsp3) is 0.550. The van der Waals surface area contributed by atoms with Gasteiger partial charge in [0.25, 0.3) is 0 Å². The minimum Gasteiger partial charge on any atom is -0.343 e. The van der Waals surface area contributed by atoms with Gasteiger partial charge in [0.05, 0.1) is 6.54 Å². The molecule has 0 radical (unpaired) electrons. The molecule has 0 spiro atoms. The Morgan fingerprint density at radius 1 is 1.00 bits per heavy atom. The molecule has 0 bridgehead atoms. The molecule has 2 fully saturated rings. The van der Waals surface area contributed by atoms with Crippen LogP contribution in [0.2, 0.25) is 0 Å². The highest BCUT2D eigenvalue weighted by molar-refractivity contribution is 5.91. The Balaban J connectivity index is 1.37. The number of carbonyl (C=O) groups is 3. The number of likely N-dealkylation sites (tertiary alicyclic amines) is 1. The third kappa shape index (κ3) is 5.70. The van der Waals surface area contributed by atoms with Gasteiger partial charge in [0.1, 0.15) is 6.04 Å². The Bertz CT molecular complexity index is 658. The van der Waals surface area contributed by atoms with E-state index < -0.39 is 6.04 Å². The summed E-state index contributed by atoms with van der Waals surface area (Å²) in [5, 5.41) is 8.22. The quantitative estimate of drug-likeness (QED) is 0.707. The van der Waals surface area contributed by atoms with Crippen LogP contribution in [-0.4, -0.2) is 47.9 Å². The maximum Gasteiger partial charge on any atom is 0.315 e. The van der Waals surface area contributed by atoms with Crippen molar-refractivity contribution in [1.82, 2.24) is 20.9 Å². The summed E-state index contributed by atoms with van der Waals surface area (Å²) in [4.78, 5) is 38.2. The smallest absolute Gasteiger partial charge is 0.315 e. The summed E-state index contributed by atoms with van der Waals surface area (Å²) in [6.45, 7) is 1.05. The van der Waals surface area contributed by atoms with Crippen LogP contribution in [0.1, 0.15) is 44.1 Å². The molecular weight excluding hydrogens is 344 g/mol. The molecule has 1 aromatic rings. The third-order valence-electron chi connectivity index (χ3n) is 5.20. The minimum absolute atomic E-state index is 0.0705. The molecule has 1 atom stereocenters. The number of carbonyl (C=O) groups excluding carboxylic acids is 3. The minimum atomic E-state index is -0.510. The molecule has 27 heavy (non-hydrogen) atoms. The molecule has 2 aliphatic rings. The second-order valence-electron chi connectivity index (χ2n) is 7.32. The highest BCUT2D eigenvalue weighted by Gasteiger charge is 2.32. The first-order valence-electron chi connectivity index (χ1n) is 9.78. The van der Waals surface area contributed by atoms with E-state index in [1.807, 2.05) is 30.3 Å². The average molecular weight is 372 g/mol. The molecule has 4 amide bonds. The van der Waals surface area contributed by atoms with Crippen LogP contribution in [0.4, 0.5) is 4.79 Å². The lowest BCUT2D eigenvalue weighted by Gasteiger charge is -2.22. The van der Waals surface area contributed by atoms with Gasteiger partial charge in [-0.15, -0.1) is 0 Å². The first-order valence-corrected chi connectivity index (χ1v) is 9.78. The Morgan fingerprint density at radius 3 is 2.48 bits per heavy atom. The predicted octanol–water partition coefficient (Wildman–Crippen LogP) is 1.54. The monoisotopic (exact) mass is 372 g/mol. The number of rotatable bonds is 6. The van der Waals surface area contributed by atoms with Gasteiger partial charge in [-0.05, 0) is 24.8 Å². The number of nitrogens with zero attached hydrogens (tertiary/aromatic N) is 1. The molecule has 3 N–H and O–H groups in total. The lowest BCUT2D eigenvalue weighted by molar-refractivity contribution is -0.132. The molecule has 0 aromatic heterocycles. The van der Waals surface area contributed by atoms with E-state index in [1.165, 1.54) is 6.42 Å². The van der Waals surface area contributed by atoms with E-state index in [-0.39, 0.29) is 30.4 Å². The fourth-order valence-electron chi connectivity index (χ4n) is 3.72. The average Bonchev–Trinajstić information content (AvgIpc) is 3.01. The van der Waals surface area contributed by atoms with Crippen molar-refractivity contribution in [3.63, 3.8) is 0 Å². The highest BCUT2D eigenvalue weighted by Crippen LogP contribution is 2.17. The molecule has 146 valence electrons.